The number of imidazole rings is 1. The van der Waals surface area contributed by atoms with Crippen LogP contribution < -0.4 is 27.4 Å². The standard InChI is InChI=1S/C20H31N7O9/c21-4-2-1-3-12(25-17(32)11(22)5-10-8-23-9-24-10)18(33)26-13(6-15(28)29)19(34)27-14(20(35)36)7-16(30)31/h8-9,11-14H,1-7,21-22H2,(H,23,24)(H,25,32)(H,26,33)(H,27,34)(H,28,29)(H,30,31)(H,35,36). The number of unbranched alkanes of at least 4 members (excludes halogenated alkanes) is 1. The van der Waals surface area contributed by atoms with Crippen molar-refractivity contribution in [1.82, 2.24) is 25.9 Å². The zero-order valence-corrected chi connectivity index (χ0v) is 19.3. The Morgan fingerprint density at radius 2 is 1.42 bits per heavy atom. The molecule has 3 amide bonds. The molecule has 0 aliphatic rings. The Labute approximate surface area is 205 Å². The minimum atomic E-state index is -1.86. The van der Waals surface area contributed by atoms with E-state index in [2.05, 4.69) is 20.6 Å². The normalized spacial score (nSPS) is 14.1. The van der Waals surface area contributed by atoms with Crippen LogP contribution in [-0.2, 0) is 35.2 Å². The van der Waals surface area contributed by atoms with Crippen molar-refractivity contribution in [2.45, 2.75) is 62.7 Å². The fourth-order valence-corrected chi connectivity index (χ4v) is 3.07. The highest BCUT2D eigenvalue weighted by atomic mass is 16.4. The number of hydrogen-bond donors (Lipinski definition) is 9. The summed E-state index contributed by atoms with van der Waals surface area (Å²) in [5.41, 5.74) is 11.9. The van der Waals surface area contributed by atoms with Crippen molar-refractivity contribution in [2.24, 2.45) is 11.5 Å². The molecule has 4 unspecified atom stereocenters. The number of aromatic nitrogens is 2. The van der Waals surface area contributed by atoms with Crippen LogP contribution in [0.25, 0.3) is 0 Å². The van der Waals surface area contributed by atoms with Gasteiger partial charge in [0.05, 0.1) is 25.2 Å². The molecule has 1 aromatic heterocycles. The third-order valence-corrected chi connectivity index (χ3v) is 4.92. The van der Waals surface area contributed by atoms with E-state index in [9.17, 15) is 28.8 Å². The SMILES string of the molecule is NCCCCC(NC(=O)C(N)Cc1cnc[nH]1)C(=O)NC(CC(=O)O)C(=O)NC(CC(=O)O)C(=O)O. The highest BCUT2D eigenvalue weighted by Gasteiger charge is 2.32. The quantitative estimate of drug-likeness (QED) is 0.0936. The van der Waals surface area contributed by atoms with Gasteiger partial charge in [0.1, 0.15) is 18.1 Å². The molecule has 0 aromatic carbocycles. The average molecular weight is 514 g/mol. The van der Waals surface area contributed by atoms with Gasteiger partial charge in [-0.15, -0.1) is 0 Å². The van der Waals surface area contributed by atoms with E-state index in [-0.39, 0.29) is 12.8 Å². The van der Waals surface area contributed by atoms with E-state index in [1.807, 2.05) is 5.32 Å². The highest BCUT2D eigenvalue weighted by Crippen LogP contribution is 2.05. The predicted molar refractivity (Wildman–Crippen MR) is 121 cm³/mol. The Bertz CT molecular complexity index is 923. The number of carbonyl (C=O) groups is 6. The topological polar surface area (TPSA) is 280 Å². The maximum atomic E-state index is 12.9. The minimum Gasteiger partial charge on any atom is -0.481 e. The first-order chi connectivity index (χ1) is 16.9. The van der Waals surface area contributed by atoms with Crippen molar-refractivity contribution in [3.63, 3.8) is 0 Å². The Morgan fingerprint density at radius 3 is 1.94 bits per heavy atom. The van der Waals surface area contributed by atoms with Crippen molar-refractivity contribution in [3.8, 4) is 0 Å². The van der Waals surface area contributed by atoms with Crippen molar-refractivity contribution < 1.29 is 44.1 Å². The van der Waals surface area contributed by atoms with Gasteiger partial charge in [-0.05, 0) is 25.8 Å². The van der Waals surface area contributed by atoms with Crippen LogP contribution in [0.5, 0.6) is 0 Å². The second-order valence-corrected chi connectivity index (χ2v) is 7.89. The number of aliphatic carboxylic acids is 3. The number of carboxylic acids is 3. The highest BCUT2D eigenvalue weighted by molar-refractivity contribution is 5.96. The van der Waals surface area contributed by atoms with Crippen molar-refractivity contribution in [1.29, 1.82) is 0 Å². The fourth-order valence-electron chi connectivity index (χ4n) is 3.07. The molecule has 0 radical (unpaired) electrons. The predicted octanol–water partition coefficient (Wildman–Crippen LogP) is -3.10. The number of hydrogen-bond acceptors (Lipinski definition) is 9. The van der Waals surface area contributed by atoms with Gasteiger partial charge in [0, 0.05) is 18.3 Å². The van der Waals surface area contributed by atoms with Crippen LogP contribution in [0, 0.1) is 0 Å². The number of aromatic amines is 1. The number of H-pyrrole nitrogens is 1. The number of rotatable bonds is 17. The van der Waals surface area contributed by atoms with Gasteiger partial charge in [-0.1, -0.05) is 0 Å². The second-order valence-electron chi connectivity index (χ2n) is 7.89. The molecule has 16 nitrogen and oxygen atoms in total. The minimum absolute atomic E-state index is 0.0870. The lowest BCUT2D eigenvalue weighted by molar-refractivity contribution is -0.148. The molecule has 0 aliphatic heterocycles. The molecule has 0 aliphatic carbocycles. The molecule has 0 spiro atoms. The van der Waals surface area contributed by atoms with Crippen LogP contribution in [0.3, 0.4) is 0 Å². The smallest absolute Gasteiger partial charge is 0.326 e. The Kier molecular flexibility index (Phi) is 12.5. The number of nitrogens with zero attached hydrogens (tertiary/aromatic N) is 1. The summed E-state index contributed by atoms with van der Waals surface area (Å²) >= 11 is 0. The van der Waals surface area contributed by atoms with Crippen LogP contribution in [-0.4, -0.2) is 91.6 Å². The van der Waals surface area contributed by atoms with E-state index in [0.717, 1.165) is 0 Å². The van der Waals surface area contributed by atoms with Gasteiger partial charge in [0.15, 0.2) is 0 Å². The zero-order chi connectivity index (χ0) is 27.3. The molecule has 11 N–H and O–H groups in total. The van der Waals surface area contributed by atoms with Gasteiger partial charge in [-0.3, -0.25) is 24.0 Å². The largest absolute Gasteiger partial charge is 0.481 e. The van der Waals surface area contributed by atoms with E-state index < -0.39 is 72.6 Å². The van der Waals surface area contributed by atoms with Gasteiger partial charge in [-0.25, -0.2) is 9.78 Å². The molecule has 200 valence electrons. The molecule has 0 saturated carbocycles. The van der Waals surface area contributed by atoms with Gasteiger partial charge in [-0.2, -0.15) is 0 Å². The molecular formula is C20H31N7O9. The fraction of sp³-hybridized carbons (Fsp3) is 0.550. The van der Waals surface area contributed by atoms with Crippen LogP contribution in [0.1, 0.15) is 37.8 Å². The lowest BCUT2D eigenvalue weighted by atomic mass is 10.1. The van der Waals surface area contributed by atoms with Gasteiger partial charge < -0.3 is 47.7 Å². The summed E-state index contributed by atoms with van der Waals surface area (Å²) in [5, 5.41) is 33.6. The van der Waals surface area contributed by atoms with Crippen LogP contribution in [0.2, 0.25) is 0 Å². The van der Waals surface area contributed by atoms with E-state index in [1.165, 1.54) is 12.5 Å². The summed E-state index contributed by atoms with van der Waals surface area (Å²) in [6.07, 6.45) is 2.07. The van der Waals surface area contributed by atoms with E-state index >= 15 is 0 Å². The number of carbonyl (C=O) groups excluding carboxylic acids is 3. The van der Waals surface area contributed by atoms with Gasteiger partial charge in [0.2, 0.25) is 17.7 Å². The van der Waals surface area contributed by atoms with E-state index in [0.29, 0.717) is 25.1 Å². The van der Waals surface area contributed by atoms with E-state index in [4.69, 9.17) is 26.8 Å². The maximum Gasteiger partial charge on any atom is 0.326 e. The molecule has 1 aromatic rings. The number of carboxylic acid groups (broad SMARTS) is 3. The van der Waals surface area contributed by atoms with E-state index in [1.54, 1.807) is 0 Å². The number of nitrogens with two attached hydrogens (primary N) is 2. The monoisotopic (exact) mass is 513 g/mol. The van der Waals surface area contributed by atoms with Crippen molar-refractivity contribution in [2.75, 3.05) is 6.54 Å². The van der Waals surface area contributed by atoms with Crippen LogP contribution in [0.15, 0.2) is 12.5 Å². The third-order valence-electron chi connectivity index (χ3n) is 4.92. The molecule has 0 saturated heterocycles. The zero-order valence-electron chi connectivity index (χ0n) is 19.3. The average Bonchev–Trinajstić information content (AvgIpc) is 3.29. The molecule has 0 fully saturated rings. The lowest BCUT2D eigenvalue weighted by Gasteiger charge is -2.24. The molecule has 1 rings (SSSR count). The van der Waals surface area contributed by atoms with Gasteiger partial charge >= 0.3 is 17.9 Å². The summed E-state index contributed by atoms with van der Waals surface area (Å²) in [7, 11) is 0. The first kappa shape index (κ1) is 30.0. The van der Waals surface area contributed by atoms with Crippen molar-refractivity contribution in [3.05, 3.63) is 18.2 Å². The second kappa shape index (κ2) is 15.0. The Hall–Kier alpha value is -4.05. The molecule has 1 heterocycles. The van der Waals surface area contributed by atoms with Gasteiger partial charge in [0.25, 0.3) is 0 Å². The maximum absolute atomic E-state index is 12.9. The number of nitrogens with one attached hydrogen (secondary N) is 4. The summed E-state index contributed by atoms with van der Waals surface area (Å²) in [6.45, 7) is 0.311. The molecular weight excluding hydrogens is 482 g/mol. The Morgan fingerprint density at radius 1 is 0.861 bits per heavy atom. The molecule has 36 heavy (non-hydrogen) atoms. The summed E-state index contributed by atoms with van der Waals surface area (Å²) < 4.78 is 0. The summed E-state index contributed by atoms with van der Waals surface area (Å²) in [5.74, 6) is -7.50. The van der Waals surface area contributed by atoms with Crippen molar-refractivity contribution >= 4 is 35.6 Å². The molecule has 0 bridgehead atoms. The molecule has 4 atom stereocenters. The summed E-state index contributed by atoms with van der Waals surface area (Å²) in [6, 6.07) is -5.88. The first-order valence-corrected chi connectivity index (χ1v) is 10.9. The molecule has 16 heteroatoms. The number of amides is 3. The first-order valence-electron chi connectivity index (χ1n) is 10.9. The summed E-state index contributed by atoms with van der Waals surface area (Å²) in [4.78, 5) is 77.9. The third kappa shape index (κ3) is 10.9. The lowest BCUT2D eigenvalue weighted by Crippen LogP contribution is -2.57. The Balaban J connectivity index is 2.96. The van der Waals surface area contributed by atoms with Crippen LogP contribution >= 0.6 is 0 Å². The van der Waals surface area contributed by atoms with Crippen LogP contribution in [0.4, 0.5) is 0 Å².